The van der Waals surface area contributed by atoms with Crippen molar-refractivity contribution in [1.82, 2.24) is 14.8 Å². The van der Waals surface area contributed by atoms with Crippen LogP contribution in [0.5, 0.6) is 5.75 Å². The predicted octanol–water partition coefficient (Wildman–Crippen LogP) is 4.26. The van der Waals surface area contributed by atoms with Gasteiger partial charge in [0.2, 0.25) is 0 Å². The molecule has 1 atom stereocenters. The first kappa shape index (κ1) is 20.8. The minimum absolute atomic E-state index is 0.153. The van der Waals surface area contributed by atoms with Gasteiger partial charge in [0, 0.05) is 29.7 Å². The summed E-state index contributed by atoms with van der Waals surface area (Å²) in [4.78, 5) is 32.4. The molecule has 2 amide bonds. The quantitative estimate of drug-likeness (QED) is 0.428. The topological polar surface area (TPSA) is 65.6 Å². The maximum atomic E-state index is 12.5. The van der Waals surface area contributed by atoms with Crippen LogP contribution in [0.2, 0.25) is 0 Å². The molecule has 1 aromatic heterocycles. The SMILES string of the molecule is COc1ccc2[nH]cc(C[C@H]3CCCN3CCCCN3C(=O)c4ccccc4C3=O)c2c1. The van der Waals surface area contributed by atoms with Gasteiger partial charge in [-0.05, 0) is 81.1 Å². The predicted molar refractivity (Wildman–Crippen MR) is 124 cm³/mol. The average molecular weight is 432 g/mol. The molecule has 1 N–H and O–H groups in total. The highest BCUT2D eigenvalue weighted by molar-refractivity contribution is 6.21. The highest BCUT2D eigenvalue weighted by Gasteiger charge is 2.34. The zero-order chi connectivity index (χ0) is 22.1. The third kappa shape index (κ3) is 3.79. The number of hydrogen-bond donors (Lipinski definition) is 1. The molecule has 0 spiro atoms. The lowest BCUT2D eigenvalue weighted by Gasteiger charge is -2.24. The van der Waals surface area contributed by atoms with Gasteiger partial charge in [0.05, 0.1) is 18.2 Å². The summed E-state index contributed by atoms with van der Waals surface area (Å²) in [7, 11) is 1.70. The molecule has 3 aromatic rings. The molecule has 3 heterocycles. The van der Waals surface area contributed by atoms with E-state index in [4.69, 9.17) is 4.74 Å². The minimum Gasteiger partial charge on any atom is -0.497 e. The lowest BCUT2D eigenvalue weighted by atomic mass is 10.0. The van der Waals surface area contributed by atoms with E-state index >= 15 is 0 Å². The number of H-pyrrole nitrogens is 1. The van der Waals surface area contributed by atoms with E-state index < -0.39 is 0 Å². The van der Waals surface area contributed by atoms with Gasteiger partial charge >= 0.3 is 0 Å². The number of unbranched alkanes of at least 4 members (excludes halogenated alkanes) is 1. The van der Waals surface area contributed by atoms with Crippen molar-refractivity contribution < 1.29 is 14.3 Å². The van der Waals surface area contributed by atoms with Gasteiger partial charge < -0.3 is 14.6 Å². The zero-order valence-corrected chi connectivity index (χ0v) is 18.5. The van der Waals surface area contributed by atoms with Gasteiger partial charge in [0.25, 0.3) is 11.8 Å². The van der Waals surface area contributed by atoms with E-state index in [1.165, 1.54) is 28.7 Å². The van der Waals surface area contributed by atoms with Gasteiger partial charge in [-0.25, -0.2) is 0 Å². The summed E-state index contributed by atoms with van der Waals surface area (Å²) in [5.41, 5.74) is 3.55. The number of likely N-dealkylation sites (tertiary alicyclic amines) is 1. The molecule has 6 heteroatoms. The van der Waals surface area contributed by atoms with Crippen molar-refractivity contribution in [2.75, 3.05) is 26.7 Å². The van der Waals surface area contributed by atoms with Gasteiger partial charge in [-0.2, -0.15) is 0 Å². The summed E-state index contributed by atoms with van der Waals surface area (Å²) < 4.78 is 5.40. The largest absolute Gasteiger partial charge is 0.497 e. The second-order valence-electron chi connectivity index (χ2n) is 8.78. The van der Waals surface area contributed by atoms with Crippen LogP contribution >= 0.6 is 0 Å². The van der Waals surface area contributed by atoms with Gasteiger partial charge in [-0.15, -0.1) is 0 Å². The Morgan fingerprint density at radius 3 is 2.53 bits per heavy atom. The molecule has 2 aliphatic rings. The summed E-state index contributed by atoms with van der Waals surface area (Å²) >= 11 is 0. The number of rotatable bonds is 8. The number of hydrogen-bond acceptors (Lipinski definition) is 4. The van der Waals surface area contributed by atoms with Gasteiger partial charge in [0.1, 0.15) is 5.75 Å². The van der Waals surface area contributed by atoms with E-state index in [0.29, 0.717) is 23.7 Å². The molecular weight excluding hydrogens is 402 g/mol. The van der Waals surface area contributed by atoms with Crippen molar-refractivity contribution >= 4 is 22.7 Å². The monoisotopic (exact) mass is 431 g/mol. The fourth-order valence-corrected chi connectivity index (χ4v) is 5.15. The van der Waals surface area contributed by atoms with Crippen LogP contribution in [0.3, 0.4) is 0 Å². The summed E-state index contributed by atoms with van der Waals surface area (Å²) in [5, 5.41) is 1.24. The Hall–Kier alpha value is -3.12. The number of aromatic amines is 1. The molecule has 2 aliphatic heterocycles. The lowest BCUT2D eigenvalue weighted by Crippen LogP contribution is -2.34. The summed E-state index contributed by atoms with van der Waals surface area (Å²) in [6.45, 7) is 2.61. The molecule has 0 bridgehead atoms. The molecule has 0 aliphatic carbocycles. The van der Waals surface area contributed by atoms with E-state index in [-0.39, 0.29) is 11.8 Å². The van der Waals surface area contributed by atoms with Crippen LogP contribution in [0.25, 0.3) is 10.9 Å². The molecule has 32 heavy (non-hydrogen) atoms. The van der Waals surface area contributed by atoms with Gasteiger partial charge in [-0.1, -0.05) is 12.1 Å². The van der Waals surface area contributed by atoms with Gasteiger partial charge in [0.15, 0.2) is 0 Å². The number of ether oxygens (including phenoxy) is 1. The van der Waals surface area contributed by atoms with E-state index in [9.17, 15) is 9.59 Å². The molecule has 0 saturated carbocycles. The maximum Gasteiger partial charge on any atom is 0.261 e. The number of amides is 2. The molecule has 1 fully saturated rings. The first-order valence-corrected chi connectivity index (χ1v) is 11.5. The fraction of sp³-hybridized carbons (Fsp3) is 0.385. The average Bonchev–Trinajstić information content (AvgIpc) is 3.50. The highest BCUT2D eigenvalue weighted by atomic mass is 16.5. The normalized spacial score (nSPS) is 18.7. The van der Waals surface area contributed by atoms with E-state index in [2.05, 4.69) is 28.2 Å². The van der Waals surface area contributed by atoms with Crippen LogP contribution in [0.15, 0.2) is 48.7 Å². The smallest absolute Gasteiger partial charge is 0.261 e. The third-order valence-corrected chi connectivity index (χ3v) is 6.88. The Labute approximate surface area is 188 Å². The standard InChI is InChI=1S/C26H29N3O3/c1-32-20-10-11-24-23(16-20)18(17-27-24)15-19-7-6-13-28(19)12-4-5-14-29-25(30)21-8-2-3-9-22(21)26(29)31/h2-3,8-11,16-17,19,27H,4-7,12-15H2,1H3/t19-/m1/s1. The van der Waals surface area contributed by atoms with E-state index in [1.54, 1.807) is 19.2 Å². The molecular formula is C26H29N3O3. The molecule has 1 saturated heterocycles. The van der Waals surface area contributed by atoms with E-state index in [0.717, 1.165) is 43.6 Å². The number of aromatic nitrogens is 1. The molecule has 2 aromatic carbocycles. The van der Waals surface area contributed by atoms with Gasteiger partial charge in [-0.3, -0.25) is 14.5 Å². The number of nitrogens with zero attached hydrogens (tertiary/aromatic N) is 2. The Kier molecular flexibility index (Phi) is 5.70. The molecule has 0 radical (unpaired) electrons. The number of fused-ring (bicyclic) bond motifs is 2. The van der Waals surface area contributed by atoms with Crippen molar-refractivity contribution in [3.63, 3.8) is 0 Å². The number of imide groups is 1. The first-order valence-electron chi connectivity index (χ1n) is 11.5. The van der Waals surface area contributed by atoms with Crippen LogP contribution < -0.4 is 4.74 Å². The Bertz CT molecular complexity index is 1120. The second-order valence-corrected chi connectivity index (χ2v) is 8.78. The molecule has 6 nitrogen and oxygen atoms in total. The molecule has 0 unspecified atom stereocenters. The highest BCUT2D eigenvalue weighted by Crippen LogP contribution is 2.28. The summed E-state index contributed by atoms with van der Waals surface area (Å²) in [6.07, 6.45) is 7.38. The second kappa shape index (κ2) is 8.79. The van der Waals surface area contributed by atoms with Crippen molar-refractivity contribution in [2.45, 2.75) is 38.1 Å². The Morgan fingerprint density at radius 2 is 1.78 bits per heavy atom. The van der Waals surface area contributed by atoms with Crippen molar-refractivity contribution in [1.29, 1.82) is 0 Å². The number of carbonyl (C=O) groups is 2. The van der Waals surface area contributed by atoms with Crippen LogP contribution in [0.4, 0.5) is 0 Å². The lowest BCUT2D eigenvalue weighted by molar-refractivity contribution is 0.0650. The zero-order valence-electron chi connectivity index (χ0n) is 18.5. The number of methoxy groups -OCH3 is 1. The minimum atomic E-state index is -0.153. The van der Waals surface area contributed by atoms with Crippen LogP contribution in [-0.2, 0) is 6.42 Å². The maximum absolute atomic E-state index is 12.5. The Balaban J connectivity index is 1.16. The Morgan fingerprint density at radius 1 is 1.03 bits per heavy atom. The third-order valence-electron chi connectivity index (χ3n) is 6.88. The van der Waals surface area contributed by atoms with Crippen LogP contribution in [0, 0.1) is 0 Å². The summed E-state index contributed by atoms with van der Waals surface area (Å²) in [6, 6.07) is 13.8. The van der Waals surface area contributed by atoms with Crippen molar-refractivity contribution in [2.24, 2.45) is 0 Å². The number of nitrogens with one attached hydrogen (secondary N) is 1. The van der Waals surface area contributed by atoms with Crippen LogP contribution in [-0.4, -0.2) is 59.4 Å². The summed E-state index contributed by atoms with van der Waals surface area (Å²) in [5.74, 6) is 0.577. The number of benzene rings is 2. The fourth-order valence-electron chi connectivity index (χ4n) is 5.15. The molecule has 5 rings (SSSR count). The molecule has 166 valence electrons. The van der Waals surface area contributed by atoms with Crippen LogP contribution in [0.1, 0.15) is 52.0 Å². The van der Waals surface area contributed by atoms with Crippen molar-refractivity contribution in [3.8, 4) is 5.75 Å². The van der Waals surface area contributed by atoms with E-state index in [1.807, 2.05) is 18.2 Å². The first-order chi connectivity index (χ1) is 15.7. The number of carbonyl (C=O) groups excluding carboxylic acids is 2. The van der Waals surface area contributed by atoms with Crippen molar-refractivity contribution in [3.05, 3.63) is 65.4 Å².